The number of piperidine rings is 1. The first-order valence-electron chi connectivity index (χ1n) is 40.8. The van der Waals surface area contributed by atoms with Crippen molar-refractivity contribution in [2.24, 2.45) is 0 Å². The maximum absolute atomic E-state index is 6.24. The van der Waals surface area contributed by atoms with Gasteiger partial charge in [-0.2, -0.15) is 89.7 Å². The van der Waals surface area contributed by atoms with Crippen LogP contribution >= 0.6 is 81.2 Å². The molecule has 1 aliphatic carbocycles. The Labute approximate surface area is 762 Å². The zero-order chi connectivity index (χ0) is 87.8. The Morgan fingerprint density at radius 3 is 1.16 bits per heavy atom. The van der Waals surface area contributed by atoms with Crippen molar-refractivity contribution in [2.45, 2.75) is 84.0 Å². The minimum absolute atomic E-state index is 0.154. The Balaban J connectivity index is 0.000000121. The molecule has 126 heavy (non-hydrogen) atoms. The van der Waals surface area contributed by atoms with Crippen LogP contribution < -0.4 is 24.5 Å². The van der Waals surface area contributed by atoms with E-state index in [0.717, 1.165) is 112 Å². The molecule has 38 heteroatoms. The number of nitrogens with zero attached hydrogens (tertiary/aromatic N) is 30. The van der Waals surface area contributed by atoms with E-state index in [0.29, 0.717) is 89.1 Å². The molecular formula is C88H87Cl7N30O. The molecule has 4 fully saturated rings. The van der Waals surface area contributed by atoms with Gasteiger partial charge in [0.1, 0.15) is 23.8 Å². The molecule has 4 aliphatic rings. The van der Waals surface area contributed by atoms with E-state index in [1.165, 1.54) is 64.2 Å². The second-order valence-corrected chi connectivity index (χ2v) is 31.7. The second kappa shape index (κ2) is 44.1. The molecule has 16 aromatic rings. The van der Waals surface area contributed by atoms with E-state index in [2.05, 4.69) is 144 Å². The minimum Gasteiger partial charge on any atom is -0.378 e. The van der Waals surface area contributed by atoms with Crippen LogP contribution in [-0.4, -0.2) is 204 Å². The summed E-state index contributed by atoms with van der Waals surface area (Å²) in [4.78, 5) is 107. The Morgan fingerprint density at radius 1 is 0.317 bits per heavy atom. The maximum atomic E-state index is 6.24. The normalized spacial score (nSPS) is 13.7. The molecule has 0 N–H and O–H groups in total. The number of pyridine rings is 1. The molecule has 20 rings (SSSR count). The third-order valence-electron chi connectivity index (χ3n) is 20.0. The molecule has 644 valence electrons. The summed E-state index contributed by atoms with van der Waals surface area (Å²) in [6, 6.07) is 57.0. The molecule has 3 saturated heterocycles. The average Bonchev–Trinajstić information content (AvgIpc) is 1.59. The van der Waals surface area contributed by atoms with E-state index in [4.69, 9.17) is 90.9 Å². The number of para-hydroxylation sites is 4. The van der Waals surface area contributed by atoms with Crippen molar-refractivity contribution in [3.63, 3.8) is 0 Å². The highest BCUT2D eigenvalue weighted by atomic mass is 35.5. The summed E-state index contributed by atoms with van der Waals surface area (Å²) in [6.45, 7) is 10.8. The highest BCUT2D eigenvalue weighted by molar-refractivity contribution is 6.30. The van der Waals surface area contributed by atoms with Crippen LogP contribution in [0.3, 0.4) is 0 Å². The van der Waals surface area contributed by atoms with Gasteiger partial charge in [0.05, 0.1) is 35.3 Å². The van der Waals surface area contributed by atoms with E-state index in [9.17, 15) is 0 Å². The molecule has 10 aromatic heterocycles. The van der Waals surface area contributed by atoms with E-state index in [-0.39, 0.29) is 31.7 Å². The number of halogens is 7. The fourth-order valence-corrected chi connectivity index (χ4v) is 15.2. The van der Waals surface area contributed by atoms with Crippen LogP contribution in [0.25, 0.3) is 90.3 Å². The fourth-order valence-electron chi connectivity index (χ4n) is 14.0. The predicted octanol–water partition coefficient (Wildman–Crippen LogP) is 18.4. The van der Waals surface area contributed by atoms with Crippen molar-refractivity contribution in [3.8, 4) is 57.4 Å². The zero-order valence-corrected chi connectivity index (χ0v) is 75.0. The van der Waals surface area contributed by atoms with Crippen LogP contribution in [0.1, 0.15) is 87.6 Å². The highest BCUT2D eigenvalue weighted by Crippen LogP contribution is 2.35. The van der Waals surface area contributed by atoms with Gasteiger partial charge in [0.2, 0.25) is 78.6 Å². The summed E-state index contributed by atoms with van der Waals surface area (Å²) in [5.41, 5.74) is 7.45. The number of benzene rings is 6. The lowest BCUT2D eigenvalue weighted by Crippen LogP contribution is -2.37. The molecule has 3 aliphatic heterocycles. The molecular weight excluding hydrogens is 1740 g/mol. The average molecular weight is 1830 g/mol. The summed E-state index contributed by atoms with van der Waals surface area (Å²) in [6.07, 6.45) is 17.5. The first-order valence-corrected chi connectivity index (χ1v) is 43.4. The predicted molar refractivity (Wildman–Crippen MR) is 497 cm³/mol. The first-order chi connectivity index (χ1) is 61.3. The monoisotopic (exact) mass is 1820 g/mol. The van der Waals surface area contributed by atoms with Crippen LogP contribution in [-0.2, 0) is 4.74 Å². The van der Waals surface area contributed by atoms with Gasteiger partial charge in [-0.3, -0.25) is 14.1 Å². The summed E-state index contributed by atoms with van der Waals surface area (Å²) in [5.74, 6) is 9.17. The lowest BCUT2D eigenvalue weighted by molar-refractivity contribution is 0.122. The third-order valence-corrected chi connectivity index (χ3v) is 21.2. The summed E-state index contributed by atoms with van der Waals surface area (Å²) in [7, 11) is 7.42. The van der Waals surface area contributed by atoms with Crippen molar-refractivity contribution >= 4 is 144 Å². The van der Waals surface area contributed by atoms with E-state index in [1.54, 1.807) is 40.0 Å². The molecule has 0 atom stereocenters. The number of morpholine rings is 1. The number of ether oxygens (including phenoxy) is 1. The van der Waals surface area contributed by atoms with Crippen LogP contribution in [0, 0.1) is 13.8 Å². The molecule has 0 bridgehead atoms. The van der Waals surface area contributed by atoms with Gasteiger partial charge in [-0.25, -0.2) is 19.9 Å². The molecule has 31 nitrogen and oxygen atoms in total. The van der Waals surface area contributed by atoms with Gasteiger partial charge in [0.15, 0.2) is 23.3 Å². The Hall–Kier alpha value is -12.2. The lowest BCUT2D eigenvalue weighted by atomic mass is 9.89. The van der Waals surface area contributed by atoms with Gasteiger partial charge in [-0.15, -0.1) is 0 Å². The largest absolute Gasteiger partial charge is 0.378 e. The zero-order valence-electron chi connectivity index (χ0n) is 69.8. The van der Waals surface area contributed by atoms with Crippen molar-refractivity contribution in [2.75, 3.05) is 105 Å². The molecule has 0 spiro atoms. The van der Waals surface area contributed by atoms with E-state index in [1.807, 2.05) is 196 Å². The number of rotatable bonds is 12. The van der Waals surface area contributed by atoms with E-state index < -0.39 is 0 Å². The van der Waals surface area contributed by atoms with Gasteiger partial charge < -0.3 is 29.2 Å². The number of anilines is 5. The number of aryl methyl sites for hydroxylation is 2. The summed E-state index contributed by atoms with van der Waals surface area (Å²) in [5, 5.41) is 3.92. The quantitative estimate of drug-likeness (QED) is 0.110. The van der Waals surface area contributed by atoms with Crippen LogP contribution in [0.2, 0.25) is 37.0 Å². The Bertz CT molecular complexity index is 6000. The smallest absolute Gasteiger partial charge is 0.240 e. The van der Waals surface area contributed by atoms with Gasteiger partial charge in [-0.1, -0.05) is 159 Å². The topological polar surface area (TPSA) is 332 Å². The second-order valence-electron chi connectivity index (χ2n) is 29.4. The first kappa shape index (κ1) is 90.1. The standard InChI is InChI=1S/C21H13ClN4.C16H10ClN5.C13H19ClN4.C11H11ClN4.C10H10ClN5.C9H13ClN4.C8H11ClN4O/c22-20-23-19(14-8-2-1-3-9-14)24-21(25-20)26-17-12-6-4-10-15(17)16-11-5-7-13-18(16)26;17-15-19-14(11-6-2-1-3-7-11)20-16(21-15)22-10-18-12-8-4-5-9-13(12)22;14-12-15-11(10-6-2-1-3-7-10)16-13(17-12)18-8-4-5-9-18;1-16(2)11-14-9(13-10(12)15-11)8-6-4-3-5-7-8;1-16(2)10-14-8(13-9(11)15-10)7-3-5-12-6-4-7;1-7-11-8(10)13-9(12-7)14-5-3-2-4-6-14;1-6-10-7(9)12-8(11-6)13-2-4-14-5-3-13/h1-13H;1-10H;10H,1-9H2;3-7H,1-2H3;3-6H,1-2H3;2-6H2,1H3;2-5H2,1H3. The van der Waals surface area contributed by atoms with Crippen molar-refractivity contribution in [3.05, 3.63) is 249 Å². The fraction of sp³-hybridized carbons (Fsp3) is 0.284. The number of imidazole rings is 1. The SMILES string of the molecule is CN(C)c1nc(Cl)nc(-c2ccccc2)n1.CN(C)c1nc(Cl)nc(-c2ccncc2)n1.Cc1nc(Cl)nc(N2CCCCC2)n1.Cc1nc(Cl)nc(N2CCOCC2)n1.Clc1nc(-c2ccccc2)nc(-n2c3ccccc3c3ccccc32)n1.Clc1nc(-c2ccccc2)nc(-n2cnc3ccccc32)n1.Clc1nc(C2CCCCC2)nc(N2CCCC2)n1. The highest BCUT2D eigenvalue weighted by Gasteiger charge is 2.25. The molecule has 0 unspecified atom stereocenters. The van der Waals surface area contributed by atoms with E-state index >= 15 is 0 Å². The van der Waals surface area contributed by atoms with Crippen molar-refractivity contribution in [1.82, 2.24) is 124 Å². The molecule has 1 saturated carbocycles. The van der Waals surface area contributed by atoms with Crippen LogP contribution in [0.15, 0.2) is 195 Å². The summed E-state index contributed by atoms with van der Waals surface area (Å²) < 4.78 is 9.07. The Morgan fingerprint density at radius 2 is 0.683 bits per heavy atom. The molecule has 13 heterocycles. The van der Waals surface area contributed by atoms with Gasteiger partial charge in [0.25, 0.3) is 0 Å². The molecule has 0 amide bonds. The van der Waals surface area contributed by atoms with Gasteiger partial charge >= 0.3 is 0 Å². The van der Waals surface area contributed by atoms with Crippen molar-refractivity contribution < 1.29 is 4.74 Å². The van der Waals surface area contributed by atoms with Crippen LogP contribution in [0.4, 0.5) is 29.7 Å². The minimum atomic E-state index is 0.154. The van der Waals surface area contributed by atoms with Crippen LogP contribution in [0.5, 0.6) is 0 Å². The maximum Gasteiger partial charge on any atom is 0.240 e. The van der Waals surface area contributed by atoms with Gasteiger partial charge in [-0.05, 0) is 176 Å². The number of aromatic nitrogens is 25. The third kappa shape index (κ3) is 24.5. The number of hydrogen-bond donors (Lipinski definition) is 0. The number of fused-ring (bicyclic) bond motifs is 4. The molecule has 6 aromatic carbocycles. The van der Waals surface area contributed by atoms with Gasteiger partial charge in [0, 0.05) is 119 Å². The summed E-state index contributed by atoms with van der Waals surface area (Å²) >= 11 is 41.6. The number of hydrogen-bond acceptors (Lipinski definition) is 29. The van der Waals surface area contributed by atoms with Crippen molar-refractivity contribution in [1.29, 1.82) is 0 Å². The molecule has 0 radical (unpaired) electrons. The Kier molecular flexibility index (Phi) is 31.5. The lowest BCUT2D eigenvalue weighted by Gasteiger charge is -2.26.